The fourth-order valence-corrected chi connectivity index (χ4v) is 11.3. The van der Waals surface area contributed by atoms with Crippen molar-refractivity contribution < 1.29 is 47.7 Å². The summed E-state index contributed by atoms with van der Waals surface area (Å²) in [7, 11) is 0. The third-order valence-electron chi connectivity index (χ3n) is 17.3. The van der Waals surface area contributed by atoms with Gasteiger partial charge in [0, 0.05) is 38.8 Å². The largest absolute Gasteiger partial charge is 0.465 e. The molecule has 1 unspecified atom stereocenters. The number of rotatable bonds is 65. The number of likely N-dealkylation sites (tertiary alicyclic amines) is 1. The molecule has 1 atom stereocenters. The fourth-order valence-electron chi connectivity index (χ4n) is 11.3. The number of amides is 1. The lowest BCUT2D eigenvalue weighted by Gasteiger charge is -2.31. The highest BCUT2D eigenvalue weighted by Gasteiger charge is 2.38. The lowest BCUT2D eigenvalue weighted by atomic mass is 9.92. The first-order chi connectivity index (χ1) is 43.2. The van der Waals surface area contributed by atoms with Crippen LogP contribution in [-0.4, -0.2) is 93.6 Å². The van der Waals surface area contributed by atoms with Crippen molar-refractivity contribution in [3.8, 4) is 0 Å². The van der Waals surface area contributed by atoms with Gasteiger partial charge in [-0.25, -0.2) is 4.79 Å². The number of alkyl carbamates (subject to hydrolysis) is 1. The van der Waals surface area contributed by atoms with Crippen LogP contribution < -0.4 is 5.32 Å². The van der Waals surface area contributed by atoms with Gasteiger partial charge in [-0.1, -0.05) is 238 Å². The summed E-state index contributed by atoms with van der Waals surface area (Å²) in [6, 6.07) is 0. The smallest absolute Gasteiger partial charge is 0.407 e. The molecular weight excluding hydrogens is 1100 g/mol. The molecule has 1 heterocycles. The van der Waals surface area contributed by atoms with E-state index in [1.54, 1.807) is 0 Å². The van der Waals surface area contributed by atoms with Crippen LogP contribution in [0, 0.1) is 5.41 Å². The summed E-state index contributed by atoms with van der Waals surface area (Å²) in [6.07, 6.45) is 65.9. The molecule has 1 aliphatic heterocycles. The van der Waals surface area contributed by atoms with Crippen LogP contribution in [0.15, 0.2) is 36.5 Å². The van der Waals surface area contributed by atoms with Crippen molar-refractivity contribution >= 4 is 30.0 Å². The van der Waals surface area contributed by atoms with Crippen LogP contribution in [0.25, 0.3) is 0 Å². The van der Waals surface area contributed by atoms with E-state index in [1.807, 2.05) is 0 Å². The zero-order chi connectivity index (χ0) is 63.7. The Kier molecular flexibility index (Phi) is 59.4. The molecular formula is C76H138N2O10. The van der Waals surface area contributed by atoms with Crippen LogP contribution in [0.5, 0.6) is 0 Å². The Morgan fingerprint density at radius 1 is 0.364 bits per heavy atom. The third-order valence-corrected chi connectivity index (χ3v) is 17.3. The minimum Gasteiger partial charge on any atom is -0.465 e. The highest BCUT2D eigenvalue weighted by atomic mass is 16.6. The molecule has 88 heavy (non-hydrogen) atoms. The molecule has 0 aromatic heterocycles. The van der Waals surface area contributed by atoms with E-state index in [9.17, 15) is 24.0 Å². The first kappa shape index (κ1) is 82.3. The van der Waals surface area contributed by atoms with Crippen LogP contribution in [0.2, 0.25) is 0 Å². The summed E-state index contributed by atoms with van der Waals surface area (Å²) < 4.78 is 29.8. The van der Waals surface area contributed by atoms with Gasteiger partial charge in [0.2, 0.25) is 0 Å². The van der Waals surface area contributed by atoms with Crippen LogP contribution >= 0.6 is 0 Å². The number of hydrogen-bond donors (Lipinski definition) is 1. The predicted molar refractivity (Wildman–Crippen MR) is 367 cm³/mol. The first-order valence-electron chi connectivity index (χ1n) is 37.4. The lowest BCUT2D eigenvalue weighted by molar-refractivity contribution is -0.171. The third kappa shape index (κ3) is 55.2. The summed E-state index contributed by atoms with van der Waals surface area (Å²) in [5, 5.41) is 2.91. The molecule has 1 fully saturated rings. The van der Waals surface area contributed by atoms with E-state index in [4.69, 9.17) is 23.7 Å². The maximum Gasteiger partial charge on any atom is 0.407 e. The molecule has 0 aromatic rings. The minimum atomic E-state index is -1.34. The highest BCUT2D eigenvalue weighted by Crippen LogP contribution is 2.25. The summed E-state index contributed by atoms with van der Waals surface area (Å²) in [4.78, 5) is 69.6. The fraction of sp³-hybridized carbons (Fsp3) is 0.855. The molecule has 1 N–H and O–H groups in total. The van der Waals surface area contributed by atoms with Crippen molar-refractivity contribution in [3.63, 3.8) is 0 Å². The number of carbonyl (C=O) groups excluding carboxylic acids is 5. The number of ether oxygens (including phenoxy) is 5. The summed E-state index contributed by atoms with van der Waals surface area (Å²) >= 11 is 0. The monoisotopic (exact) mass is 1240 g/mol. The van der Waals surface area contributed by atoms with Crippen molar-refractivity contribution in [2.75, 3.05) is 52.6 Å². The molecule has 0 aliphatic carbocycles. The van der Waals surface area contributed by atoms with Gasteiger partial charge in [0.25, 0.3) is 0 Å². The minimum absolute atomic E-state index is 0.0185. The van der Waals surface area contributed by atoms with Crippen LogP contribution in [0.3, 0.4) is 0 Å². The number of allylic oxidation sites excluding steroid dienone is 6. The molecule has 1 aliphatic rings. The molecule has 12 heteroatoms. The Labute approximate surface area is 541 Å². The summed E-state index contributed by atoms with van der Waals surface area (Å²) in [5.41, 5.74) is -1.34. The Hall–Kier alpha value is -3.67. The number of carbonyl (C=O) groups is 5. The lowest BCUT2D eigenvalue weighted by Crippen LogP contribution is -2.44. The standard InChI is InChI=1S/C76H138N2O10/c1-5-9-13-17-20-23-26-29-32-35-38-41-44-47-51-57-71(79)84-66-76(67-85-72(80)58-52-48-45-42-39-36-33-30-27-24-21-18-14-10-6-2,68-86-73(81)59-53-49-46-43-40-37-34-31-28-25-22-19-15-11-7-3)69-87-74(82)61-60-70(56-50-16-12-8-4)88-75(83)77-62-65-78-63-54-55-64-78/h29-34,70H,5-28,35-69H2,1-4H3,(H,77,83)/b32-29-,33-30-,34-31-. The van der Waals surface area contributed by atoms with Crippen molar-refractivity contribution in [1.82, 2.24) is 10.2 Å². The molecule has 0 saturated carbocycles. The second kappa shape index (κ2) is 63.5. The van der Waals surface area contributed by atoms with Gasteiger partial charge in [-0.05, 0) is 142 Å². The van der Waals surface area contributed by atoms with Gasteiger partial charge >= 0.3 is 30.0 Å². The van der Waals surface area contributed by atoms with E-state index >= 15 is 0 Å². The van der Waals surface area contributed by atoms with Gasteiger partial charge in [-0.3, -0.25) is 19.2 Å². The summed E-state index contributed by atoms with van der Waals surface area (Å²) in [5.74, 6) is -1.71. The second-order valence-corrected chi connectivity index (χ2v) is 26.0. The number of hydrogen-bond acceptors (Lipinski definition) is 11. The van der Waals surface area contributed by atoms with E-state index in [-0.39, 0.29) is 58.5 Å². The van der Waals surface area contributed by atoms with Gasteiger partial charge in [0.05, 0.1) is 0 Å². The van der Waals surface area contributed by atoms with Gasteiger partial charge in [-0.15, -0.1) is 0 Å². The van der Waals surface area contributed by atoms with Crippen molar-refractivity contribution in [1.29, 1.82) is 0 Å². The van der Waals surface area contributed by atoms with Crippen LogP contribution in [0.4, 0.5) is 4.79 Å². The number of nitrogens with zero attached hydrogens (tertiary/aromatic N) is 1. The van der Waals surface area contributed by atoms with E-state index in [0.29, 0.717) is 32.2 Å². The topological polar surface area (TPSA) is 147 Å². The van der Waals surface area contributed by atoms with Gasteiger partial charge < -0.3 is 33.9 Å². The quantitative estimate of drug-likeness (QED) is 0.0269. The van der Waals surface area contributed by atoms with E-state index < -0.39 is 41.5 Å². The number of unbranched alkanes of at least 4 members (excludes halogenated alkanes) is 36. The van der Waals surface area contributed by atoms with E-state index in [2.05, 4.69) is 74.4 Å². The average molecular weight is 1240 g/mol. The van der Waals surface area contributed by atoms with Crippen molar-refractivity contribution in [2.24, 2.45) is 5.41 Å². The predicted octanol–water partition coefficient (Wildman–Crippen LogP) is 21.2. The maximum absolute atomic E-state index is 13.8. The summed E-state index contributed by atoms with van der Waals surface area (Å²) in [6.45, 7) is 11.2. The molecule has 1 rings (SSSR count). The normalized spacial score (nSPS) is 13.3. The zero-order valence-electron chi connectivity index (χ0n) is 57.8. The number of esters is 4. The Balaban J connectivity index is 3.04. The molecule has 0 spiro atoms. The second-order valence-electron chi connectivity index (χ2n) is 26.0. The average Bonchev–Trinajstić information content (AvgIpc) is 4.22. The zero-order valence-corrected chi connectivity index (χ0v) is 57.8. The molecule has 0 radical (unpaired) electrons. The van der Waals surface area contributed by atoms with Crippen molar-refractivity contribution in [3.05, 3.63) is 36.5 Å². The molecule has 0 bridgehead atoms. The Morgan fingerprint density at radius 2 is 0.648 bits per heavy atom. The molecule has 1 amide bonds. The van der Waals surface area contributed by atoms with Gasteiger partial charge in [-0.2, -0.15) is 0 Å². The van der Waals surface area contributed by atoms with Crippen molar-refractivity contribution in [2.45, 2.75) is 361 Å². The van der Waals surface area contributed by atoms with Crippen LogP contribution in [0.1, 0.15) is 355 Å². The van der Waals surface area contributed by atoms with Crippen LogP contribution in [-0.2, 0) is 42.9 Å². The SMILES string of the molecule is CCCCCCCC/C=C\CCCCCCCC(=O)OCC(COC(=O)CCCCCCC/C=C\CCCCCCCC)(COC(=O)CCCCCCC/C=C\CCCCCCCC)COC(=O)CCC(CCCCCC)OC(=O)NCCN1CCCC1. The molecule has 12 nitrogen and oxygen atoms in total. The Bertz CT molecular complexity index is 1570. The molecule has 1 saturated heterocycles. The highest BCUT2D eigenvalue weighted by molar-refractivity contribution is 5.71. The van der Waals surface area contributed by atoms with Gasteiger partial charge in [0.15, 0.2) is 0 Å². The van der Waals surface area contributed by atoms with Gasteiger partial charge in [0.1, 0.15) is 37.9 Å². The number of nitrogens with one attached hydrogen (secondary N) is 1. The van der Waals surface area contributed by atoms with E-state index in [1.165, 1.54) is 128 Å². The maximum atomic E-state index is 13.8. The Morgan fingerprint density at radius 3 is 0.977 bits per heavy atom. The molecule has 512 valence electrons. The molecule has 0 aromatic carbocycles. The first-order valence-corrected chi connectivity index (χ1v) is 37.4. The van der Waals surface area contributed by atoms with E-state index in [0.717, 1.165) is 161 Å².